The second-order valence-electron chi connectivity index (χ2n) is 8.19. The molecule has 1 atom stereocenters. The molecule has 0 bridgehead atoms. The van der Waals surface area contributed by atoms with Gasteiger partial charge < -0.3 is 14.7 Å². The average molecular weight is 485 g/mol. The molecule has 0 spiro atoms. The molecule has 0 aliphatic carbocycles. The number of carbonyl (C=O) groups is 1. The molecular weight excluding hydrogens is 456 g/mol. The van der Waals surface area contributed by atoms with Crippen LogP contribution in [0.3, 0.4) is 0 Å². The van der Waals surface area contributed by atoms with Gasteiger partial charge in [-0.3, -0.25) is 13.9 Å². The van der Waals surface area contributed by atoms with Crippen molar-refractivity contribution in [1.82, 2.24) is 4.31 Å². The fourth-order valence-corrected chi connectivity index (χ4v) is 5.68. The molecule has 0 saturated carbocycles. The van der Waals surface area contributed by atoms with Gasteiger partial charge in [-0.15, -0.1) is 10.8 Å². The van der Waals surface area contributed by atoms with Gasteiger partial charge in [0.1, 0.15) is 17.3 Å². The third kappa shape index (κ3) is 5.02. The van der Waals surface area contributed by atoms with Crippen molar-refractivity contribution < 1.29 is 28.1 Å². The van der Waals surface area contributed by atoms with Gasteiger partial charge in [-0.1, -0.05) is 30.3 Å². The molecule has 4 rings (SSSR count). The normalized spacial score (nSPS) is 17.1. The van der Waals surface area contributed by atoms with Crippen LogP contribution in [0.5, 0.6) is 5.75 Å². The van der Waals surface area contributed by atoms with Crippen LogP contribution in [0.1, 0.15) is 34.6 Å². The van der Waals surface area contributed by atoms with Crippen molar-refractivity contribution in [3.63, 3.8) is 0 Å². The van der Waals surface area contributed by atoms with Gasteiger partial charge in [-0.05, 0) is 41.3 Å². The lowest BCUT2D eigenvalue weighted by molar-refractivity contribution is -0.605. The maximum atomic E-state index is 12.2. The van der Waals surface area contributed by atoms with Gasteiger partial charge in [0.05, 0.1) is 20.1 Å². The smallest absolute Gasteiger partial charge is 0.306 e. The Kier molecular flexibility index (Phi) is 7.08. The number of hydrogen-bond acceptors (Lipinski definition) is 7. The Bertz CT molecular complexity index is 1170. The molecule has 1 aromatic heterocycles. The number of fused-ring (bicyclic) bond motifs is 1. The first kappa shape index (κ1) is 24.0. The molecule has 0 radical (unpaired) electrons. The van der Waals surface area contributed by atoms with Gasteiger partial charge in [-0.25, -0.2) is 0 Å². The number of aryl methyl sites for hydroxylation is 1. The quantitative estimate of drug-likeness (QED) is 0.306. The summed E-state index contributed by atoms with van der Waals surface area (Å²) >= 11 is 0. The predicted octanol–water partition coefficient (Wildman–Crippen LogP) is 4.24. The number of aromatic nitrogens is 1. The molecule has 0 amide bonds. The minimum atomic E-state index is -3.25. The number of methoxy groups -OCH3 is 1. The fraction of sp³-hybridized carbons (Fsp3) is 0.280. The van der Waals surface area contributed by atoms with E-state index in [2.05, 4.69) is 0 Å². The number of pyridine rings is 1. The lowest BCUT2D eigenvalue weighted by atomic mass is 9.87. The fourth-order valence-electron chi connectivity index (χ4n) is 4.09. The number of esters is 1. The highest BCUT2D eigenvalue weighted by Crippen LogP contribution is 2.56. The molecule has 1 aliphatic heterocycles. The van der Waals surface area contributed by atoms with E-state index < -0.39 is 10.8 Å². The lowest BCUT2D eigenvalue weighted by Gasteiger charge is -2.41. The molecule has 2 aromatic carbocycles. The first-order valence-corrected chi connectivity index (χ1v) is 12.4. The highest BCUT2D eigenvalue weighted by atomic mass is 32.3. The number of para-hydroxylation sites is 1. The second kappa shape index (κ2) is 10.0. The van der Waals surface area contributed by atoms with Gasteiger partial charge >= 0.3 is 5.97 Å². The van der Waals surface area contributed by atoms with Gasteiger partial charge in [0, 0.05) is 24.6 Å². The van der Waals surface area contributed by atoms with Gasteiger partial charge in [0.25, 0.3) is 0 Å². The molecule has 1 aliphatic rings. The van der Waals surface area contributed by atoms with Crippen molar-refractivity contribution in [2.45, 2.75) is 30.7 Å². The molecule has 34 heavy (non-hydrogen) atoms. The zero-order valence-electron chi connectivity index (χ0n) is 19.1. The summed E-state index contributed by atoms with van der Waals surface area (Å²) in [6, 6.07) is 16.3. The molecular formula is C25H28N2O6S. The van der Waals surface area contributed by atoms with Crippen LogP contribution in [0.15, 0.2) is 71.9 Å². The topological polar surface area (TPSA) is 106 Å². The predicted molar refractivity (Wildman–Crippen MR) is 129 cm³/mol. The van der Waals surface area contributed by atoms with Crippen LogP contribution in [0.2, 0.25) is 0 Å². The first-order chi connectivity index (χ1) is 16.3. The SMILES string of the molecule is COC(=O)CC(c1cc[n+]([O-])cc1)c1ccc(C)c(CN2CCOc3ccccc3S2(O)O)c1. The van der Waals surface area contributed by atoms with Crippen molar-refractivity contribution in [2.75, 3.05) is 20.3 Å². The Labute approximate surface area is 200 Å². The van der Waals surface area contributed by atoms with Gasteiger partial charge in [0.2, 0.25) is 0 Å². The van der Waals surface area contributed by atoms with E-state index in [9.17, 15) is 19.1 Å². The van der Waals surface area contributed by atoms with Crippen LogP contribution in [-0.4, -0.2) is 39.6 Å². The van der Waals surface area contributed by atoms with Crippen molar-refractivity contribution in [2.24, 2.45) is 0 Å². The van der Waals surface area contributed by atoms with E-state index in [0.717, 1.165) is 22.3 Å². The highest BCUT2D eigenvalue weighted by molar-refractivity contribution is 8.22. The number of ether oxygens (including phenoxy) is 2. The maximum absolute atomic E-state index is 12.2. The molecule has 9 heteroatoms. The zero-order chi connectivity index (χ0) is 24.3. The Hall–Kier alpha value is -3.11. The summed E-state index contributed by atoms with van der Waals surface area (Å²) in [5.74, 6) is -0.198. The minimum Gasteiger partial charge on any atom is -0.619 e. The van der Waals surface area contributed by atoms with Crippen molar-refractivity contribution in [1.29, 1.82) is 0 Å². The summed E-state index contributed by atoms with van der Waals surface area (Å²) < 4.78 is 35.3. The van der Waals surface area contributed by atoms with E-state index in [1.54, 1.807) is 40.7 Å². The van der Waals surface area contributed by atoms with Crippen LogP contribution in [-0.2, 0) is 16.1 Å². The molecule has 8 nitrogen and oxygen atoms in total. The third-order valence-electron chi connectivity index (χ3n) is 6.05. The van der Waals surface area contributed by atoms with Crippen molar-refractivity contribution in [3.8, 4) is 5.75 Å². The molecule has 0 fully saturated rings. The van der Waals surface area contributed by atoms with Gasteiger partial charge in [0.15, 0.2) is 12.4 Å². The first-order valence-electron chi connectivity index (χ1n) is 10.9. The van der Waals surface area contributed by atoms with Crippen molar-refractivity contribution in [3.05, 3.63) is 94.5 Å². The summed E-state index contributed by atoms with van der Waals surface area (Å²) in [7, 11) is -1.90. The number of nitrogens with zero attached hydrogens (tertiary/aromatic N) is 2. The Morgan fingerprint density at radius 1 is 1.18 bits per heavy atom. The number of carbonyl (C=O) groups excluding carboxylic acids is 1. The number of hydrogen-bond donors (Lipinski definition) is 2. The van der Waals surface area contributed by atoms with Crippen LogP contribution in [0, 0.1) is 12.1 Å². The van der Waals surface area contributed by atoms with E-state index in [1.165, 1.54) is 19.5 Å². The Balaban J connectivity index is 1.68. The zero-order valence-corrected chi connectivity index (χ0v) is 19.9. The van der Waals surface area contributed by atoms with E-state index >= 15 is 0 Å². The van der Waals surface area contributed by atoms with Crippen LogP contribution in [0.25, 0.3) is 0 Å². The summed E-state index contributed by atoms with van der Waals surface area (Å²) in [5.41, 5.74) is 3.58. The van der Waals surface area contributed by atoms with Crippen LogP contribution >= 0.6 is 10.8 Å². The van der Waals surface area contributed by atoms with Gasteiger partial charge in [-0.2, -0.15) is 9.04 Å². The summed E-state index contributed by atoms with van der Waals surface area (Å²) in [6.07, 6.45) is 2.92. The Morgan fingerprint density at radius 3 is 2.65 bits per heavy atom. The summed E-state index contributed by atoms with van der Waals surface area (Å²) in [4.78, 5) is 12.5. The van der Waals surface area contributed by atoms with E-state index in [4.69, 9.17) is 9.47 Å². The summed E-state index contributed by atoms with van der Waals surface area (Å²) in [5, 5.41) is 11.5. The van der Waals surface area contributed by atoms with Crippen LogP contribution in [0.4, 0.5) is 0 Å². The summed E-state index contributed by atoms with van der Waals surface area (Å²) in [6.45, 7) is 2.93. The van der Waals surface area contributed by atoms with E-state index in [0.29, 0.717) is 35.1 Å². The number of rotatable bonds is 6. The largest absolute Gasteiger partial charge is 0.619 e. The Morgan fingerprint density at radius 2 is 1.91 bits per heavy atom. The molecule has 3 aromatic rings. The monoisotopic (exact) mass is 484 g/mol. The van der Waals surface area contributed by atoms with Crippen molar-refractivity contribution >= 4 is 16.7 Å². The maximum Gasteiger partial charge on any atom is 0.306 e. The minimum absolute atomic E-state index is 0.113. The third-order valence-corrected chi connectivity index (χ3v) is 8.01. The molecule has 2 heterocycles. The lowest BCUT2D eigenvalue weighted by Crippen LogP contribution is -2.29. The standard InChI is InChI=1S/C25H28N2O6S/c1-18-7-8-20(22(16-25(28)32-2)19-9-11-26(29)12-10-19)15-21(18)17-27-13-14-33-23-5-3-4-6-24(23)34(27,30)31/h3-12,15,22,30-31H,13-14,16-17H2,1-2H3. The van der Waals surface area contributed by atoms with E-state index in [-0.39, 0.29) is 18.3 Å². The van der Waals surface area contributed by atoms with E-state index in [1.807, 2.05) is 25.1 Å². The molecule has 0 saturated heterocycles. The molecule has 1 unspecified atom stereocenters. The highest BCUT2D eigenvalue weighted by Gasteiger charge is 2.31. The molecule has 2 N–H and O–H groups in total. The molecule has 180 valence electrons. The average Bonchev–Trinajstić information content (AvgIpc) is 2.95. The number of benzene rings is 2. The van der Waals surface area contributed by atoms with Crippen LogP contribution < -0.4 is 9.47 Å². The second-order valence-corrected chi connectivity index (χ2v) is 10.2.